The summed E-state index contributed by atoms with van der Waals surface area (Å²) in [5.74, 6) is -0.406. The van der Waals surface area contributed by atoms with Gasteiger partial charge in [-0.1, -0.05) is 0 Å². The van der Waals surface area contributed by atoms with Crippen LogP contribution in [0, 0.1) is 34.1 Å². The largest absolute Gasteiger partial charge is 0.359 e. The number of anilines is 2. The van der Waals surface area contributed by atoms with Crippen LogP contribution in [0.3, 0.4) is 0 Å². The maximum atomic E-state index is 12.2. The summed E-state index contributed by atoms with van der Waals surface area (Å²) >= 11 is 0. The number of hydrogen-bond acceptors (Lipinski definition) is 6. The average Bonchev–Trinajstić information content (AvgIpc) is 2.58. The summed E-state index contributed by atoms with van der Waals surface area (Å²) in [5, 5.41) is 27.2. The molecule has 2 aromatic carbocycles. The van der Waals surface area contributed by atoms with Crippen LogP contribution in [0.4, 0.5) is 22.7 Å². The normalized spacial score (nSPS) is 11.0. The molecule has 27 heavy (non-hydrogen) atoms. The minimum atomic E-state index is -0.501. The summed E-state index contributed by atoms with van der Waals surface area (Å²) in [6.45, 7) is 5.07. The molecule has 0 bridgehead atoms. The third-order valence-electron chi connectivity index (χ3n) is 3.78. The summed E-state index contributed by atoms with van der Waals surface area (Å²) in [7, 11) is 0. The zero-order valence-corrected chi connectivity index (χ0v) is 15.0. The Labute approximate surface area is 155 Å². The maximum absolute atomic E-state index is 12.2. The average molecular weight is 370 g/mol. The Morgan fingerprint density at radius 1 is 0.889 bits per heavy atom. The van der Waals surface area contributed by atoms with Crippen molar-refractivity contribution in [2.24, 2.45) is 0 Å². The molecule has 9 heteroatoms. The monoisotopic (exact) mass is 370 g/mol. The Morgan fingerprint density at radius 3 is 1.74 bits per heavy atom. The first-order valence-corrected chi connectivity index (χ1v) is 7.94. The number of carbonyl (C=O) groups is 1. The first-order chi connectivity index (χ1) is 12.7. The van der Waals surface area contributed by atoms with Crippen LogP contribution in [0.5, 0.6) is 0 Å². The zero-order chi connectivity index (χ0) is 20.1. The predicted octanol–water partition coefficient (Wildman–Crippen LogP) is 4.07. The predicted molar refractivity (Wildman–Crippen MR) is 102 cm³/mol. The molecule has 2 aromatic rings. The molecule has 1 amide bonds. The zero-order valence-electron chi connectivity index (χ0n) is 15.0. The quantitative estimate of drug-likeness (QED) is 0.448. The lowest BCUT2D eigenvalue weighted by Gasteiger charge is -2.10. The second-order valence-corrected chi connectivity index (χ2v) is 5.95. The summed E-state index contributed by atoms with van der Waals surface area (Å²) < 4.78 is 0. The highest BCUT2D eigenvalue weighted by Gasteiger charge is 2.11. The smallest absolute Gasteiger partial charge is 0.269 e. The van der Waals surface area contributed by atoms with Gasteiger partial charge in [0.25, 0.3) is 11.4 Å². The minimum Gasteiger partial charge on any atom is -0.359 e. The number of carbonyl (C=O) groups excluding carboxylic acids is 1. The van der Waals surface area contributed by atoms with E-state index < -0.39 is 15.8 Å². The molecular formula is C18H18N4O5. The van der Waals surface area contributed by atoms with Crippen LogP contribution in [0.15, 0.2) is 48.2 Å². The van der Waals surface area contributed by atoms with Gasteiger partial charge in [0.1, 0.15) is 0 Å². The number of rotatable bonds is 6. The lowest BCUT2D eigenvalue weighted by Crippen LogP contribution is -2.11. The van der Waals surface area contributed by atoms with Crippen molar-refractivity contribution in [3.63, 3.8) is 0 Å². The highest BCUT2D eigenvalue weighted by molar-refractivity contribution is 6.00. The Hall–Kier alpha value is -3.75. The van der Waals surface area contributed by atoms with Gasteiger partial charge in [0.05, 0.1) is 9.85 Å². The molecule has 0 atom stereocenters. The number of aryl methyl sites for hydroxylation is 2. The number of amides is 1. The van der Waals surface area contributed by atoms with Gasteiger partial charge in [-0.2, -0.15) is 0 Å². The Kier molecular flexibility index (Phi) is 5.86. The van der Waals surface area contributed by atoms with E-state index in [4.69, 9.17) is 0 Å². The topological polar surface area (TPSA) is 127 Å². The summed E-state index contributed by atoms with van der Waals surface area (Å²) in [5.41, 5.74) is 2.84. The van der Waals surface area contributed by atoms with E-state index in [2.05, 4.69) is 10.6 Å². The molecule has 0 spiro atoms. The fraction of sp³-hybridized carbons (Fsp3) is 0.167. The molecule has 0 aromatic heterocycles. The van der Waals surface area contributed by atoms with Crippen molar-refractivity contribution >= 4 is 28.7 Å². The van der Waals surface area contributed by atoms with Gasteiger partial charge in [0.2, 0.25) is 5.91 Å². The summed E-state index contributed by atoms with van der Waals surface area (Å²) in [4.78, 5) is 32.7. The number of nitro groups is 2. The Balaban J connectivity index is 2.09. The van der Waals surface area contributed by atoms with Gasteiger partial charge in [-0.05, 0) is 44.0 Å². The van der Waals surface area contributed by atoms with Crippen molar-refractivity contribution in [2.75, 3.05) is 10.6 Å². The van der Waals surface area contributed by atoms with Crippen LogP contribution in [0.1, 0.15) is 18.1 Å². The van der Waals surface area contributed by atoms with Crippen LogP contribution >= 0.6 is 0 Å². The van der Waals surface area contributed by atoms with E-state index in [0.29, 0.717) is 28.2 Å². The molecule has 0 radical (unpaired) electrons. The second-order valence-electron chi connectivity index (χ2n) is 5.95. The van der Waals surface area contributed by atoms with Gasteiger partial charge in [-0.15, -0.1) is 0 Å². The van der Waals surface area contributed by atoms with Gasteiger partial charge in [-0.3, -0.25) is 25.0 Å². The SMILES string of the molecule is C/C(=C/C(=O)Nc1ccc([N+](=O)[O-])cc1C)Nc1ccc([N+](=O)[O-])cc1C. The standard InChI is InChI=1S/C18H18N4O5/c1-11-8-14(21(24)25)4-6-16(11)19-13(3)10-18(23)20-17-7-5-15(22(26)27)9-12(17)2/h4-10,19H,1-3H3,(H,20,23)/b13-10-. The van der Waals surface area contributed by atoms with E-state index in [1.165, 1.54) is 36.4 Å². The Bertz CT molecular complexity index is 953. The lowest BCUT2D eigenvalue weighted by molar-refractivity contribution is -0.385. The molecule has 0 aliphatic heterocycles. The maximum Gasteiger partial charge on any atom is 0.269 e. The van der Waals surface area contributed by atoms with Crippen LogP contribution in [-0.4, -0.2) is 15.8 Å². The molecule has 0 aliphatic rings. The second kappa shape index (κ2) is 8.09. The minimum absolute atomic E-state index is 0.00827. The van der Waals surface area contributed by atoms with Crippen LogP contribution in [-0.2, 0) is 4.79 Å². The molecule has 0 saturated carbocycles. The molecule has 2 rings (SSSR count). The van der Waals surface area contributed by atoms with Crippen molar-refractivity contribution in [3.8, 4) is 0 Å². The lowest BCUT2D eigenvalue weighted by atomic mass is 10.1. The van der Waals surface area contributed by atoms with E-state index in [1.807, 2.05) is 0 Å². The van der Waals surface area contributed by atoms with Crippen molar-refractivity contribution in [1.29, 1.82) is 0 Å². The molecule has 2 N–H and O–H groups in total. The summed E-state index contributed by atoms with van der Waals surface area (Å²) in [6.07, 6.45) is 1.34. The van der Waals surface area contributed by atoms with E-state index in [0.717, 1.165) is 0 Å². The highest BCUT2D eigenvalue weighted by Crippen LogP contribution is 2.23. The van der Waals surface area contributed by atoms with Gasteiger partial charge in [0.15, 0.2) is 0 Å². The van der Waals surface area contributed by atoms with Crippen molar-refractivity contribution in [2.45, 2.75) is 20.8 Å². The van der Waals surface area contributed by atoms with Crippen molar-refractivity contribution < 1.29 is 14.6 Å². The third kappa shape index (κ3) is 5.11. The van der Waals surface area contributed by atoms with Gasteiger partial charge in [0, 0.05) is 47.4 Å². The van der Waals surface area contributed by atoms with Crippen LogP contribution < -0.4 is 10.6 Å². The van der Waals surface area contributed by atoms with Crippen LogP contribution in [0.25, 0.3) is 0 Å². The molecule has 140 valence electrons. The molecule has 0 heterocycles. The van der Waals surface area contributed by atoms with Crippen molar-refractivity contribution in [1.82, 2.24) is 0 Å². The first kappa shape index (κ1) is 19.6. The molecule has 9 nitrogen and oxygen atoms in total. The number of nitrogens with zero attached hydrogens (tertiary/aromatic N) is 2. The number of hydrogen-bond donors (Lipinski definition) is 2. The van der Waals surface area contributed by atoms with Gasteiger partial charge in [-0.25, -0.2) is 0 Å². The molecule has 0 fully saturated rings. The van der Waals surface area contributed by atoms with E-state index in [9.17, 15) is 25.0 Å². The molecule has 0 saturated heterocycles. The fourth-order valence-electron chi connectivity index (χ4n) is 2.42. The number of benzene rings is 2. The fourth-order valence-corrected chi connectivity index (χ4v) is 2.42. The van der Waals surface area contributed by atoms with Crippen LogP contribution in [0.2, 0.25) is 0 Å². The molecule has 0 unspecified atom stereocenters. The molecular weight excluding hydrogens is 352 g/mol. The van der Waals surface area contributed by atoms with Gasteiger partial charge < -0.3 is 10.6 Å². The third-order valence-corrected chi connectivity index (χ3v) is 3.78. The number of allylic oxidation sites excluding steroid dienone is 1. The number of nitro benzene ring substituents is 2. The molecule has 0 aliphatic carbocycles. The summed E-state index contributed by atoms with van der Waals surface area (Å²) in [6, 6.07) is 8.56. The Morgan fingerprint density at radius 2 is 1.33 bits per heavy atom. The van der Waals surface area contributed by atoms with E-state index in [-0.39, 0.29) is 11.4 Å². The van der Waals surface area contributed by atoms with Crippen molar-refractivity contribution in [3.05, 3.63) is 79.5 Å². The van der Waals surface area contributed by atoms with E-state index in [1.54, 1.807) is 26.8 Å². The van der Waals surface area contributed by atoms with E-state index >= 15 is 0 Å². The first-order valence-electron chi connectivity index (χ1n) is 7.94. The number of non-ortho nitro benzene ring substituents is 2. The number of nitrogens with one attached hydrogen (secondary N) is 2. The van der Waals surface area contributed by atoms with Gasteiger partial charge >= 0.3 is 0 Å². The highest BCUT2D eigenvalue weighted by atomic mass is 16.6.